The smallest absolute Gasteiger partial charge is 0.183 e. The number of fused-ring (bicyclic) bond motifs is 4. The molecule has 0 saturated heterocycles. The number of benzene rings is 8. The average molecular weight is 646 g/mol. The zero-order valence-electron chi connectivity index (χ0n) is 26.4. The second-order valence-electron chi connectivity index (χ2n) is 12.9. The van der Waals surface area contributed by atoms with Gasteiger partial charge in [0, 0.05) is 22.4 Å². The van der Waals surface area contributed by atoms with Crippen LogP contribution in [0.1, 0.15) is 0 Å². The van der Waals surface area contributed by atoms with Gasteiger partial charge in [-0.3, -0.25) is 0 Å². The van der Waals surface area contributed by atoms with Crippen molar-refractivity contribution in [2.45, 2.75) is 0 Å². The average Bonchev–Trinajstić information content (AvgIpc) is 3.16. The van der Waals surface area contributed by atoms with Gasteiger partial charge in [-0.1, -0.05) is 103 Å². The van der Waals surface area contributed by atoms with E-state index in [2.05, 4.69) is 178 Å². The highest BCUT2D eigenvalue weighted by Gasteiger charge is 2.54. The van der Waals surface area contributed by atoms with Crippen LogP contribution >= 0.6 is 7.14 Å². The normalized spacial score (nSPS) is 16.6. The van der Waals surface area contributed by atoms with Crippen molar-refractivity contribution in [3.8, 4) is 0 Å². The molecule has 0 saturated carbocycles. The molecule has 4 nitrogen and oxygen atoms in total. The molecule has 230 valence electrons. The van der Waals surface area contributed by atoms with E-state index in [4.69, 9.17) is 0 Å². The van der Waals surface area contributed by atoms with Gasteiger partial charge in [0.15, 0.2) is 7.14 Å². The molecule has 49 heavy (non-hydrogen) atoms. The van der Waals surface area contributed by atoms with Gasteiger partial charge in [-0.15, -0.1) is 0 Å². The van der Waals surface area contributed by atoms with Gasteiger partial charge in [0.25, 0.3) is 0 Å². The molecule has 3 aliphatic heterocycles. The predicted octanol–water partition coefficient (Wildman–Crippen LogP) is 11.0. The number of rotatable bonds is 3. The van der Waals surface area contributed by atoms with Crippen molar-refractivity contribution < 1.29 is 4.57 Å². The summed E-state index contributed by atoms with van der Waals surface area (Å²) in [6, 6.07) is 59.8. The third-order valence-electron chi connectivity index (χ3n) is 10.4. The number of hydrogen-bond acceptors (Lipinski definition) is 4. The molecular weight excluding hydrogens is 617 g/mol. The van der Waals surface area contributed by atoms with Crippen LogP contribution in [0.4, 0.5) is 51.2 Å². The van der Waals surface area contributed by atoms with Crippen LogP contribution in [0.5, 0.6) is 0 Å². The maximum absolute atomic E-state index is 17.0. The molecule has 11 rings (SSSR count). The Morgan fingerprint density at radius 3 is 1.39 bits per heavy atom. The summed E-state index contributed by atoms with van der Waals surface area (Å²) in [4.78, 5) is 7.03. The third kappa shape index (κ3) is 3.41. The fourth-order valence-electron chi connectivity index (χ4n) is 8.50. The van der Waals surface area contributed by atoms with Crippen molar-refractivity contribution in [1.82, 2.24) is 0 Å². The Hall–Kier alpha value is -6.09. The van der Waals surface area contributed by atoms with Crippen molar-refractivity contribution in [3.63, 3.8) is 0 Å². The minimum Gasteiger partial charge on any atom is -0.309 e. The number of anilines is 9. The van der Waals surface area contributed by atoms with Crippen LogP contribution in [0.25, 0.3) is 21.5 Å². The molecule has 0 N–H and O–H groups in total. The van der Waals surface area contributed by atoms with Crippen LogP contribution in [-0.4, -0.2) is 0 Å². The van der Waals surface area contributed by atoms with E-state index in [9.17, 15) is 0 Å². The lowest BCUT2D eigenvalue weighted by molar-refractivity contribution is 0.592. The van der Waals surface area contributed by atoms with Crippen molar-refractivity contribution in [3.05, 3.63) is 170 Å². The Morgan fingerprint density at radius 1 is 0.347 bits per heavy atom. The van der Waals surface area contributed by atoms with Crippen molar-refractivity contribution >= 4 is 95.8 Å². The van der Waals surface area contributed by atoms with E-state index in [1.54, 1.807) is 0 Å². The Morgan fingerprint density at radius 2 is 0.816 bits per heavy atom. The number of hydrogen-bond donors (Lipinski definition) is 0. The molecule has 1 atom stereocenters. The summed E-state index contributed by atoms with van der Waals surface area (Å²) in [7, 11) is -3.45. The highest BCUT2D eigenvalue weighted by atomic mass is 31.2. The first-order valence-corrected chi connectivity index (χ1v) is 18.4. The molecule has 0 amide bonds. The van der Waals surface area contributed by atoms with Crippen LogP contribution in [0.3, 0.4) is 0 Å². The summed E-state index contributed by atoms with van der Waals surface area (Å²) >= 11 is 0. The zero-order valence-corrected chi connectivity index (χ0v) is 27.3. The summed E-state index contributed by atoms with van der Waals surface area (Å²) in [5.41, 5.74) is 8.90. The first-order valence-electron chi connectivity index (χ1n) is 16.7. The maximum atomic E-state index is 17.0. The van der Waals surface area contributed by atoms with E-state index in [1.165, 1.54) is 10.8 Å². The molecule has 3 aliphatic rings. The molecule has 3 heterocycles. The Kier molecular flexibility index (Phi) is 5.35. The monoisotopic (exact) mass is 645 g/mol. The van der Waals surface area contributed by atoms with Crippen molar-refractivity contribution in [2.75, 3.05) is 14.7 Å². The summed E-state index contributed by atoms with van der Waals surface area (Å²) < 4.78 is 17.0. The molecule has 0 spiro atoms. The molecule has 1 unspecified atom stereocenters. The highest BCUT2D eigenvalue weighted by molar-refractivity contribution is 7.87. The summed E-state index contributed by atoms with van der Waals surface area (Å²) in [5, 5.41) is 7.27. The molecule has 8 aromatic rings. The molecule has 0 aromatic heterocycles. The standard InChI is InChI=1S/C44H28N3OP/c48-49-42-36-22-12-24-38(42)46(31-17-6-2-7-18-31)40-28-35-33-21-11-10-14-29(33)26-27-34(35)41(44(40)49)47(32-19-8-3-9-20-32)39-25-13-23-37(43(39)49)45(36)30-15-4-1-5-16-30/h1-28H. The van der Waals surface area contributed by atoms with Crippen molar-refractivity contribution in [1.29, 1.82) is 0 Å². The van der Waals surface area contributed by atoms with E-state index in [0.717, 1.165) is 77.9 Å². The number of para-hydroxylation sites is 3. The van der Waals surface area contributed by atoms with Gasteiger partial charge >= 0.3 is 0 Å². The molecule has 0 radical (unpaired) electrons. The lowest BCUT2D eigenvalue weighted by Crippen LogP contribution is -2.47. The van der Waals surface area contributed by atoms with Crippen molar-refractivity contribution in [2.24, 2.45) is 0 Å². The largest absolute Gasteiger partial charge is 0.309 e. The zero-order chi connectivity index (χ0) is 32.3. The Labute approximate surface area is 284 Å². The second-order valence-corrected chi connectivity index (χ2v) is 15.4. The van der Waals surface area contributed by atoms with Gasteiger partial charge in [-0.05, 0) is 82.9 Å². The molecule has 8 aromatic carbocycles. The van der Waals surface area contributed by atoms with Crippen LogP contribution < -0.4 is 30.6 Å². The van der Waals surface area contributed by atoms with Gasteiger partial charge in [0.05, 0.1) is 50.0 Å². The SMILES string of the molecule is O=P12c3c4cccc3N(c3ccccc3)c3cc5c(ccc6ccccc65)c(c31)N(c1ccccc1)c1cccc(c12)N4c1ccccc1. The first kappa shape index (κ1) is 26.9. The Balaban J connectivity index is 1.39. The summed E-state index contributed by atoms with van der Waals surface area (Å²) in [6.45, 7) is 0. The molecule has 0 bridgehead atoms. The van der Waals surface area contributed by atoms with E-state index in [0.29, 0.717) is 0 Å². The molecular formula is C44H28N3OP. The Bertz CT molecular complexity index is 2690. The van der Waals surface area contributed by atoms with Gasteiger partial charge in [-0.25, -0.2) is 0 Å². The lowest BCUT2D eigenvalue weighted by Gasteiger charge is -2.50. The fourth-order valence-corrected chi connectivity index (χ4v) is 12.2. The number of nitrogens with zero attached hydrogens (tertiary/aromatic N) is 3. The second kappa shape index (κ2) is 9.73. The highest BCUT2D eigenvalue weighted by Crippen LogP contribution is 2.67. The van der Waals surface area contributed by atoms with E-state index in [1.807, 2.05) is 6.07 Å². The minimum atomic E-state index is -3.45. The van der Waals surface area contributed by atoms with Gasteiger partial charge < -0.3 is 19.3 Å². The van der Waals surface area contributed by atoms with Crippen LogP contribution in [0.2, 0.25) is 0 Å². The maximum Gasteiger partial charge on any atom is 0.183 e. The molecule has 5 heteroatoms. The van der Waals surface area contributed by atoms with Crippen LogP contribution in [0, 0.1) is 0 Å². The lowest BCUT2D eigenvalue weighted by atomic mass is 9.97. The molecule has 0 fully saturated rings. The predicted molar refractivity (Wildman–Crippen MR) is 206 cm³/mol. The van der Waals surface area contributed by atoms with Crippen LogP contribution in [0.15, 0.2) is 170 Å². The van der Waals surface area contributed by atoms with Crippen LogP contribution in [-0.2, 0) is 4.57 Å². The van der Waals surface area contributed by atoms with E-state index < -0.39 is 7.14 Å². The third-order valence-corrected chi connectivity index (χ3v) is 13.6. The quantitative estimate of drug-likeness (QED) is 0.141. The first-order chi connectivity index (χ1) is 24.2. The van der Waals surface area contributed by atoms with E-state index >= 15 is 4.57 Å². The minimum absolute atomic E-state index is 0.893. The summed E-state index contributed by atoms with van der Waals surface area (Å²) in [6.07, 6.45) is 0. The topological polar surface area (TPSA) is 26.8 Å². The summed E-state index contributed by atoms with van der Waals surface area (Å²) in [5.74, 6) is 0. The van der Waals surface area contributed by atoms with Gasteiger partial charge in [0.2, 0.25) is 0 Å². The van der Waals surface area contributed by atoms with E-state index in [-0.39, 0.29) is 0 Å². The van der Waals surface area contributed by atoms with Gasteiger partial charge in [-0.2, -0.15) is 0 Å². The fraction of sp³-hybridized carbons (Fsp3) is 0. The molecule has 0 aliphatic carbocycles. The van der Waals surface area contributed by atoms with Gasteiger partial charge in [0.1, 0.15) is 0 Å².